The monoisotopic (exact) mass is 296 g/mol. The summed E-state index contributed by atoms with van der Waals surface area (Å²) in [5.41, 5.74) is 1.04. The molecule has 1 aromatic rings. The van der Waals surface area contributed by atoms with Gasteiger partial charge in [0.15, 0.2) is 0 Å². The Morgan fingerprint density at radius 1 is 1.35 bits per heavy atom. The minimum Gasteiger partial charge on any atom is -0.338 e. The number of halogens is 1. The van der Waals surface area contributed by atoms with E-state index in [0.29, 0.717) is 6.54 Å². The van der Waals surface area contributed by atoms with Gasteiger partial charge in [-0.05, 0) is 30.2 Å². The van der Waals surface area contributed by atoms with Crippen LogP contribution in [0, 0.1) is 0 Å². The van der Waals surface area contributed by atoms with Gasteiger partial charge >= 0.3 is 6.03 Å². The van der Waals surface area contributed by atoms with E-state index in [1.54, 1.807) is 6.20 Å². The van der Waals surface area contributed by atoms with Crippen molar-refractivity contribution in [1.82, 2.24) is 10.6 Å². The number of benzene rings is 1. The van der Waals surface area contributed by atoms with Gasteiger partial charge in [0.2, 0.25) is 0 Å². The normalized spacial score (nSPS) is 10.5. The smallest absolute Gasteiger partial charge is 0.318 e. The van der Waals surface area contributed by atoms with E-state index in [0.717, 1.165) is 22.9 Å². The number of carbonyl (C=O) groups is 1. The number of unbranched alkanes of at least 4 members (excludes halogenated alkanes) is 1. The molecule has 0 aliphatic rings. The molecule has 0 radical (unpaired) electrons. The minimum absolute atomic E-state index is 0.160. The lowest BCUT2D eigenvalue weighted by Gasteiger charge is -2.02. The van der Waals surface area contributed by atoms with Crippen LogP contribution in [0.15, 0.2) is 34.9 Å². The third kappa shape index (κ3) is 6.12. The number of nitrogens with one attached hydrogen (secondary N) is 2. The molecule has 4 heteroatoms. The van der Waals surface area contributed by atoms with Crippen LogP contribution in [0.3, 0.4) is 0 Å². The van der Waals surface area contributed by atoms with Gasteiger partial charge in [0.1, 0.15) is 0 Å². The maximum absolute atomic E-state index is 11.3. The Labute approximate surface area is 110 Å². The fourth-order valence-corrected chi connectivity index (χ4v) is 1.48. The molecule has 0 spiro atoms. The van der Waals surface area contributed by atoms with Crippen LogP contribution in [0.4, 0.5) is 4.79 Å². The predicted molar refractivity (Wildman–Crippen MR) is 74.6 cm³/mol. The lowest BCUT2D eigenvalue weighted by atomic mass is 10.2. The second-order valence-corrected chi connectivity index (χ2v) is 4.55. The largest absolute Gasteiger partial charge is 0.338 e. The Hall–Kier alpha value is -1.29. The van der Waals surface area contributed by atoms with Crippen molar-refractivity contribution in [2.24, 2.45) is 0 Å². The molecule has 0 aromatic heterocycles. The van der Waals surface area contributed by atoms with Gasteiger partial charge in [-0.3, -0.25) is 0 Å². The van der Waals surface area contributed by atoms with Crippen LogP contribution in [-0.4, -0.2) is 12.6 Å². The molecule has 0 fully saturated rings. The van der Waals surface area contributed by atoms with Crippen molar-refractivity contribution in [2.45, 2.75) is 19.8 Å². The molecule has 0 saturated carbocycles. The van der Waals surface area contributed by atoms with Gasteiger partial charge < -0.3 is 10.6 Å². The molecule has 1 rings (SSSR count). The highest BCUT2D eigenvalue weighted by atomic mass is 79.9. The van der Waals surface area contributed by atoms with Crippen LogP contribution in [0.5, 0.6) is 0 Å². The summed E-state index contributed by atoms with van der Waals surface area (Å²) >= 11 is 3.37. The second-order valence-electron chi connectivity index (χ2n) is 3.64. The average Bonchev–Trinajstić information content (AvgIpc) is 2.32. The molecule has 0 heterocycles. The molecule has 2 N–H and O–H groups in total. The first-order chi connectivity index (χ1) is 8.22. The van der Waals surface area contributed by atoms with E-state index in [-0.39, 0.29) is 6.03 Å². The first-order valence-corrected chi connectivity index (χ1v) is 6.48. The molecule has 0 bridgehead atoms. The Morgan fingerprint density at radius 2 is 2.06 bits per heavy atom. The molecule has 17 heavy (non-hydrogen) atoms. The lowest BCUT2D eigenvalue weighted by Crippen LogP contribution is -2.32. The van der Waals surface area contributed by atoms with Crippen molar-refractivity contribution < 1.29 is 4.79 Å². The summed E-state index contributed by atoms with van der Waals surface area (Å²) in [5, 5.41) is 5.43. The van der Waals surface area contributed by atoms with Crippen LogP contribution in [0.25, 0.3) is 6.08 Å². The summed E-state index contributed by atoms with van der Waals surface area (Å²) in [6, 6.07) is 7.70. The van der Waals surface area contributed by atoms with E-state index in [4.69, 9.17) is 0 Å². The predicted octanol–water partition coefficient (Wildman–Crippen LogP) is 3.52. The number of carbonyl (C=O) groups excluding carboxylic acids is 1. The highest BCUT2D eigenvalue weighted by Crippen LogP contribution is 2.10. The van der Waals surface area contributed by atoms with Crippen LogP contribution >= 0.6 is 15.9 Å². The van der Waals surface area contributed by atoms with E-state index in [1.165, 1.54) is 0 Å². The summed E-state index contributed by atoms with van der Waals surface area (Å²) in [5.74, 6) is 0. The fourth-order valence-electron chi connectivity index (χ4n) is 1.22. The quantitative estimate of drug-likeness (QED) is 0.802. The van der Waals surface area contributed by atoms with Gasteiger partial charge in [-0.25, -0.2) is 4.79 Å². The molecule has 1 aromatic carbocycles. The highest BCUT2D eigenvalue weighted by Gasteiger charge is 1.94. The maximum Gasteiger partial charge on any atom is 0.318 e. The van der Waals surface area contributed by atoms with Crippen LogP contribution in [0.2, 0.25) is 0 Å². The molecule has 92 valence electrons. The van der Waals surface area contributed by atoms with E-state index in [1.807, 2.05) is 30.3 Å². The Kier molecular flexibility index (Phi) is 6.40. The van der Waals surface area contributed by atoms with Gasteiger partial charge in [-0.2, -0.15) is 0 Å². The van der Waals surface area contributed by atoms with Gasteiger partial charge in [-0.15, -0.1) is 0 Å². The SMILES string of the molecule is CCCCNC(=O)N/C=C/c1ccc(Br)cc1. The van der Waals surface area contributed by atoms with Crippen LogP contribution < -0.4 is 10.6 Å². The molecular formula is C13H17BrN2O. The van der Waals surface area contributed by atoms with Crippen molar-refractivity contribution in [1.29, 1.82) is 0 Å². The Bertz CT molecular complexity index is 374. The number of hydrogen-bond acceptors (Lipinski definition) is 1. The molecule has 0 aliphatic carbocycles. The summed E-state index contributed by atoms with van der Waals surface area (Å²) in [4.78, 5) is 11.3. The standard InChI is InChI=1S/C13H17BrN2O/c1-2-3-9-15-13(17)16-10-8-11-4-6-12(14)7-5-11/h4-8,10H,2-3,9H2,1H3,(H2,15,16,17)/b10-8+. The zero-order valence-electron chi connectivity index (χ0n) is 9.87. The van der Waals surface area contributed by atoms with Crippen molar-refractivity contribution in [3.05, 3.63) is 40.5 Å². The van der Waals surface area contributed by atoms with Crippen LogP contribution in [0.1, 0.15) is 25.3 Å². The van der Waals surface area contributed by atoms with E-state index in [2.05, 4.69) is 33.5 Å². The summed E-state index contributed by atoms with van der Waals surface area (Å²) < 4.78 is 1.04. The van der Waals surface area contributed by atoms with Gasteiger partial charge in [0, 0.05) is 17.2 Å². The van der Waals surface area contributed by atoms with Crippen molar-refractivity contribution in [3.8, 4) is 0 Å². The summed E-state index contributed by atoms with van der Waals surface area (Å²) in [6.07, 6.45) is 5.58. The molecule has 0 aliphatic heterocycles. The third-order valence-corrected chi connectivity index (χ3v) is 2.70. The third-order valence-electron chi connectivity index (χ3n) is 2.18. The van der Waals surface area contributed by atoms with Crippen molar-refractivity contribution >= 4 is 28.0 Å². The van der Waals surface area contributed by atoms with Crippen LogP contribution in [-0.2, 0) is 0 Å². The Morgan fingerprint density at radius 3 is 2.71 bits per heavy atom. The maximum atomic E-state index is 11.3. The lowest BCUT2D eigenvalue weighted by molar-refractivity contribution is 0.244. The molecule has 2 amide bonds. The first-order valence-electron chi connectivity index (χ1n) is 5.69. The highest BCUT2D eigenvalue weighted by molar-refractivity contribution is 9.10. The number of amides is 2. The zero-order valence-corrected chi connectivity index (χ0v) is 11.5. The summed E-state index contributed by atoms with van der Waals surface area (Å²) in [6.45, 7) is 2.81. The molecule has 3 nitrogen and oxygen atoms in total. The average molecular weight is 297 g/mol. The molecule has 0 unspecified atom stereocenters. The van der Waals surface area contributed by atoms with E-state index >= 15 is 0 Å². The molecule has 0 atom stereocenters. The minimum atomic E-state index is -0.160. The van der Waals surface area contributed by atoms with Crippen molar-refractivity contribution in [3.63, 3.8) is 0 Å². The fraction of sp³-hybridized carbons (Fsp3) is 0.308. The molecule has 0 saturated heterocycles. The Balaban J connectivity index is 2.29. The molecular weight excluding hydrogens is 280 g/mol. The number of hydrogen-bond donors (Lipinski definition) is 2. The van der Waals surface area contributed by atoms with E-state index in [9.17, 15) is 4.79 Å². The zero-order chi connectivity index (χ0) is 12.5. The first kappa shape index (κ1) is 13.8. The second kappa shape index (κ2) is 7.90. The van der Waals surface area contributed by atoms with Crippen molar-refractivity contribution in [2.75, 3.05) is 6.54 Å². The topological polar surface area (TPSA) is 41.1 Å². The van der Waals surface area contributed by atoms with Gasteiger partial charge in [-0.1, -0.05) is 41.4 Å². The summed E-state index contributed by atoms with van der Waals surface area (Å²) in [7, 11) is 0. The van der Waals surface area contributed by atoms with Gasteiger partial charge in [0.05, 0.1) is 0 Å². The van der Waals surface area contributed by atoms with Gasteiger partial charge in [0.25, 0.3) is 0 Å². The number of urea groups is 1. The number of rotatable bonds is 5. The van der Waals surface area contributed by atoms with E-state index < -0.39 is 0 Å².